The molecule has 0 bridgehead atoms. The van der Waals surface area contributed by atoms with E-state index >= 15 is 0 Å². The van der Waals surface area contributed by atoms with Gasteiger partial charge in [-0.1, -0.05) is 12.8 Å². The van der Waals surface area contributed by atoms with Crippen molar-refractivity contribution in [2.45, 2.75) is 36.6 Å². The Morgan fingerprint density at radius 2 is 1.96 bits per heavy atom. The van der Waals surface area contributed by atoms with Crippen LogP contribution >= 0.6 is 11.3 Å². The molecule has 8 heteroatoms. The number of benzene rings is 1. The van der Waals surface area contributed by atoms with Crippen molar-refractivity contribution in [2.24, 2.45) is 0 Å². The summed E-state index contributed by atoms with van der Waals surface area (Å²) in [5.41, 5.74) is 1.12. The van der Waals surface area contributed by atoms with E-state index in [0.29, 0.717) is 0 Å². The van der Waals surface area contributed by atoms with Gasteiger partial charge in [0.05, 0.1) is 12.0 Å². The van der Waals surface area contributed by atoms with Gasteiger partial charge in [-0.05, 0) is 66.5 Å². The number of sulfonamides is 1. The highest BCUT2D eigenvalue weighted by molar-refractivity contribution is 7.89. The van der Waals surface area contributed by atoms with E-state index in [1.54, 1.807) is 11.3 Å². The van der Waals surface area contributed by atoms with Crippen LogP contribution in [0, 0.1) is 5.82 Å². The molecule has 0 spiro atoms. The standard InChI is InChI=1S/C19H25FN2O3S2/c1-25-19-7-6-16(12-17(19)20)27(23,24)21-13-18(15-8-11-26-14-15)22-9-4-2-3-5-10-22/h6-8,11-12,14,18,21H,2-5,9-10,13H2,1H3. The Hall–Kier alpha value is -1.48. The van der Waals surface area contributed by atoms with Crippen LogP contribution in [0.2, 0.25) is 0 Å². The van der Waals surface area contributed by atoms with Gasteiger partial charge >= 0.3 is 0 Å². The Morgan fingerprint density at radius 3 is 2.56 bits per heavy atom. The largest absolute Gasteiger partial charge is 0.494 e. The fourth-order valence-corrected chi connectivity index (χ4v) is 5.17. The van der Waals surface area contributed by atoms with Crippen LogP contribution in [0.3, 0.4) is 0 Å². The summed E-state index contributed by atoms with van der Waals surface area (Å²) < 4.78 is 46.8. The van der Waals surface area contributed by atoms with E-state index in [2.05, 4.69) is 15.0 Å². The van der Waals surface area contributed by atoms with Crippen molar-refractivity contribution in [3.63, 3.8) is 0 Å². The van der Waals surface area contributed by atoms with Crippen LogP contribution in [0.4, 0.5) is 4.39 Å². The summed E-state index contributed by atoms with van der Waals surface area (Å²) in [6, 6.07) is 5.70. The van der Waals surface area contributed by atoms with E-state index in [9.17, 15) is 12.8 Å². The third kappa shape index (κ3) is 5.07. The molecule has 1 aromatic carbocycles. The minimum absolute atomic E-state index is 0.0211. The molecule has 1 fully saturated rings. The van der Waals surface area contributed by atoms with Gasteiger partial charge in [0.1, 0.15) is 0 Å². The van der Waals surface area contributed by atoms with E-state index in [0.717, 1.165) is 37.6 Å². The lowest BCUT2D eigenvalue weighted by molar-refractivity contribution is 0.206. The highest BCUT2D eigenvalue weighted by Crippen LogP contribution is 2.26. The quantitative estimate of drug-likeness (QED) is 0.752. The number of nitrogens with one attached hydrogen (secondary N) is 1. The first kappa shape index (κ1) is 20.3. The number of rotatable bonds is 7. The highest BCUT2D eigenvalue weighted by Gasteiger charge is 2.25. The monoisotopic (exact) mass is 412 g/mol. The summed E-state index contributed by atoms with van der Waals surface area (Å²) in [5, 5.41) is 4.07. The number of halogens is 1. The van der Waals surface area contributed by atoms with Crippen LogP contribution in [-0.2, 0) is 10.0 Å². The van der Waals surface area contributed by atoms with Gasteiger partial charge in [0, 0.05) is 12.6 Å². The molecule has 5 nitrogen and oxygen atoms in total. The molecule has 27 heavy (non-hydrogen) atoms. The number of nitrogens with zero attached hydrogens (tertiary/aromatic N) is 1. The maximum Gasteiger partial charge on any atom is 0.240 e. The number of ether oxygens (including phenoxy) is 1. The molecule has 0 saturated carbocycles. The first-order chi connectivity index (χ1) is 13.0. The molecule has 0 amide bonds. The van der Waals surface area contributed by atoms with Gasteiger partial charge < -0.3 is 4.74 Å². The zero-order valence-electron chi connectivity index (χ0n) is 15.4. The number of hydrogen-bond donors (Lipinski definition) is 1. The van der Waals surface area contributed by atoms with E-state index in [-0.39, 0.29) is 23.2 Å². The van der Waals surface area contributed by atoms with Gasteiger partial charge in [-0.3, -0.25) is 4.90 Å². The molecule has 2 aromatic rings. The van der Waals surface area contributed by atoms with Crippen LogP contribution in [-0.4, -0.2) is 40.1 Å². The summed E-state index contributed by atoms with van der Waals surface area (Å²) in [6.45, 7) is 2.17. The lowest BCUT2D eigenvalue weighted by Crippen LogP contribution is -2.38. The lowest BCUT2D eigenvalue weighted by atomic mass is 10.1. The van der Waals surface area contributed by atoms with Crippen molar-refractivity contribution in [2.75, 3.05) is 26.7 Å². The Bertz CT molecular complexity index is 833. The molecule has 1 aromatic heterocycles. The number of hydrogen-bond acceptors (Lipinski definition) is 5. The normalized spacial score (nSPS) is 17.4. The first-order valence-electron chi connectivity index (χ1n) is 9.10. The predicted octanol–water partition coefficient (Wildman–Crippen LogP) is 3.79. The topological polar surface area (TPSA) is 58.6 Å². The summed E-state index contributed by atoms with van der Waals surface area (Å²) in [4.78, 5) is 2.26. The summed E-state index contributed by atoms with van der Waals surface area (Å²) in [7, 11) is -2.47. The Kier molecular flexibility index (Phi) is 6.86. The van der Waals surface area contributed by atoms with Gasteiger partial charge in [-0.25, -0.2) is 17.5 Å². The van der Waals surface area contributed by atoms with E-state index in [1.165, 1.54) is 32.1 Å². The molecule has 1 atom stereocenters. The van der Waals surface area contributed by atoms with Crippen LogP contribution < -0.4 is 9.46 Å². The molecule has 1 aliphatic heterocycles. The smallest absolute Gasteiger partial charge is 0.240 e. The average molecular weight is 413 g/mol. The van der Waals surface area contributed by atoms with Crippen LogP contribution in [0.25, 0.3) is 0 Å². The molecule has 148 valence electrons. The van der Waals surface area contributed by atoms with Crippen molar-refractivity contribution >= 4 is 21.4 Å². The minimum atomic E-state index is -3.81. The second-order valence-electron chi connectivity index (χ2n) is 6.67. The van der Waals surface area contributed by atoms with Gasteiger partial charge in [0.2, 0.25) is 10.0 Å². The fraction of sp³-hybridized carbons (Fsp3) is 0.474. The molecular weight excluding hydrogens is 387 g/mol. The van der Waals surface area contributed by atoms with Crippen molar-refractivity contribution < 1.29 is 17.5 Å². The minimum Gasteiger partial charge on any atom is -0.494 e. The molecule has 3 rings (SSSR count). The Labute approximate surface area is 164 Å². The van der Waals surface area contributed by atoms with Gasteiger partial charge in [-0.2, -0.15) is 11.3 Å². The number of likely N-dealkylation sites (tertiary alicyclic amines) is 1. The second-order valence-corrected chi connectivity index (χ2v) is 9.22. The van der Waals surface area contributed by atoms with Crippen LogP contribution in [0.15, 0.2) is 39.9 Å². The van der Waals surface area contributed by atoms with E-state index in [1.807, 2.05) is 11.4 Å². The predicted molar refractivity (Wildman–Crippen MR) is 105 cm³/mol. The maximum absolute atomic E-state index is 13.9. The van der Waals surface area contributed by atoms with Crippen LogP contribution in [0.5, 0.6) is 5.75 Å². The van der Waals surface area contributed by atoms with Crippen molar-refractivity contribution in [1.29, 1.82) is 0 Å². The van der Waals surface area contributed by atoms with Crippen molar-refractivity contribution in [1.82, 2.24) is 9.62 Å². The number of thiophene rings is 1. The SMILES string of the molecule is COc1ccc(S(=O)(=O)NCC(c2ccsc2)N2CCCCCC2)cc1F. The zero-order valence-corrected chi connectivity index (χ0v) is 17.0. The zero-order chi connectivity index (χ0) is 19.3. The summed E-state index contributed by atoms with van der Waals surface area (Å²) in [6.07, 6.45) is 4.67. The second kappa shape index (κ2) is 9.14. The molecule has 2 heterocycles. The third-order valence-corrected chi connectivity index (χ3v) is 7.03. The van der Waals surface area contributed by atoms with Gasteiger partial charge in [0.15, 0.2) is 11.6 Å². The molecule has 1 unspecified atom stereocenters. The molecular formula is C19H25FN2O3S2. The molecule has 0 aliphatic carbocycles. The fourth-order valence-electron chi connectivity index (χ4n) is 3.42. The molecule has 1 N–H and O–H groups in total. The van der Waals surface area contributed by atoms with Crippen molar-refractivity contribution in [3.05, 3.63) is 46.4 Å². The molecule has 1 saturated heterocycles. The Morgan fingerprint density at radius 1 is 1.22 bits per heavy atom. The molecule has 1 aliphatic rings. The summed E-state index contributed by atoms with van der Waals surface area (Å²) >= 11 is 1.61. The van der Waals surface area contributed by atoms with Gasteiger partial charge in [0.25, 0.3) is 0 Å². The van der Waals surface area contributed by atoms with Gasteiger partial charge in [-0.15, -0.1) is 0 Å². The molecule has 0 radical (unpaired) electrons. The first-order valence-corrected chi connectivity index (χ1v) is 11.5. The van der Waals surface area contributed by atoms with E-state index in [4.69, 9.17) is 4.74 Å². The summed E-state index contributed by atoms with van der Waals surface area (Å²) in [5.74, 6) is -0.669. The van der Waals surface area contributed by atoms with Crippen LogP contribution in [0.1, 0.15) is 37.3 Å². The third-order valence-electron chi connectivity index (χ3n) is 4.91. The maximum atomic E-state index is 13.9. The average Bonchev–Trinajstić information content (AvgIpc) is 3.04. The number of methoxy groups -OCH3 is 1. The Balaban J connectivity index is 1.76. The van der Waals surface area contributed by atoms with E-state index < -0.39 is 15.8 Å². The lowest BCUT2D eigenvalue weighted by Gasteiger charge is -2.30. The van der Waals surface area contributed by atoms with Crippen molar-refractivity contribution in [3.8, 4) is 5.75 Å². The highest BCUT2D eigenvalue weighted by atomic mass is 32.2.